The molecule has 4 rings (SSSR count). The molecule has 12 heteroatoms. The molecule has 0 unspecified atom stereocenters. The number of anilines is 1. The molecule has 0 aliphatic heterocycles. The van der Waals surface area contributed by atoms with E-state index in [2.05, 4.69) is 10.3 Å². The topological polar surface area (TPSA) is 56.1 Å². The number of carbonyl (C=O) groups is 1. The Balaban J connectivity index is 1.58. The molecule has 3 aromatic carbocycles. The second kappa shape index (κ2) is 9.76. The first-order chi connectivity index (χ1) is 17.0. The first kappa shape index (κ1) is 25.4. The van der Waals surface area contributed by atoms with Crippen LogP contribution in [0, 0.1) is 0 Å². The minimum absolute atomic E-state index is 0.00161. The zero-order chi connectivity index (χ0) is 26.1. The van der Waals surface area contributed by atoms with Gasteiger partial charge in [0, 0.05) is 11.4 Å². The molecule has 1 amide bonds. The zero-order valence-corrected chi connectivity index (χ0v) is 19.3. The Morgan fingerprint density at radius 1 is 0.944 bits per heavy atom. The Morgan fingerprint density at radius 3 is 2.14 bits per heavy atom. The molecule has 188 valence electrons. The molecular formula is C24H17F6N3O2S. The van der Waals surface area contributed by atoms with Gasteiger partial charge in [-0.2, -0.15) is 26.3 Å². The number of para-hydroxylation sites is 2. The van der Waals surface area contributed by atoms with Gasteiger partial charge in [0.2, 0.25) is 5.91 Å². The first-order valence-electron chi connectivity index (χ1n) is 10.3. The van der Waals surface area contributed by atoms with Crippen LogP contribution in [-0.4, -0.2) is 28.3 Å². The van der Waals surface area contributed by atoms with Crippen molar-refractivity contribution in [2.45, 2.75) is 17.5 Å². The van der Waals surface area contributed by atoms with E-state index in [1.165, 1.54) is 7.11 Å². The van der Waals surface area contributed by atoms with E-state index < -0.39 is 35.1 Å². The molecule has 0 bridgehead atoms. The van der Waals surface area contributed by atoms with Gasteiger partial charge in [0.1, 0.15) is 5.75 Å². The summed E-state index contributed by atoms with van der Waals surface area (Å²) in [5.74, 6) is -0.464. The monoisotopic (exact) mass is 525 g/mol. The Kier molecular flexibility index (Phi) is 6.90. The van der Waals surface area contributed by atoms with Gasteiger partial charge in [-0.25, -0.2) is 4.98 Å². The number of amides is 1. The van der Waals surface area contributed by atoms with Crippen LogP contribution in [0.2, 0.25) is 0 Å². The van der Waals surface area contributed by atoms with Crippen LogP contribution in [0.25, 0.3) is 16.7 Å². The van der Waals surface area contributed by atoms with Crippen molar-refractivity contribution < 1.29 is 35.9 Å². The third-order valence-corrected chi connectivity index (χ3v) is 6.00. The fourth-order valence-corrected chi connectivity index (χ4v) is 4.26. The van der Waals surface area contributed by atoms with Crippen LogP contribution < -0.4 is 10.1 Å². The molecule has 5 nitrogen and oxygen atoms in total. The predicted octanol–water partition coefficient (Wildman–Crippen LogP) is 6.80. The lowest BCUT2D eigenvalue weighted by molar-refractivity contribution is -0.143. The highest BCUT2D eigenvalue weighted by molar-refractivity contribution is 7.99. The molecule has 36 heavy (non-hydrogen) atoms. The van der Waals surface area contributed by atoms with Crippen molar-refractivity contribution in [1.82, 2.24) is 9.55 Å². The van der Waals surface area contributed by atoms with E-state index in [0.717, 1.165) is 23.0 Å². The number of nitrogens with one attached hydrogen (secondary N) is 1. The number of ether oxygens (including phenoxy) is 1. The highest BCUT2D eigenvalue weighted by atomic mass is 32.2. The minimum atomic E-state index is -5.02. The minimum Gasteiger partial charge on any atom is -0.497 e. The molecule has 0 atom stereocenters. The van der Waals surface area contributed by atoms with Crippen LogP contribution in [0.15, 0.2) is 71.9 Å². The van der Waals surface area contributed by atoms with Crippen LogP contribution >= 0.6 is 11.8 Å². The molecule has 1 aromatic heterocycles. The van der Waals surface area contributed by atoms with E-state index in [-0.39, 0.29) is 11.8 Å². The number of aromatic nitrogens is 2. The lowest BCUT2D eigenvalue weighted by atomic mass is 10.1. The average Bonchev–Trinajstić information content (AvgIpc) is 3.20. The quantitative estimate of drug-likeness (QED) is 0.222. The van der Waals surface area contributed by atoms with Gasteiger partial charge in [-0.3, -0.25) is 9.36 Å². The molecule has 0 fully saturated rings. The van der Waals surface area contributed by atoms with E-state index in [0.29, 0.717) is 28.6 Å². The summed E-state index contributed by atoms with van der Waals surface area (Å²) >= 11 is 0.989. The second-order valence-corrected chi connectivity index (χ2v) is 8.49. The molecule has 0 saturated heterocycles. The molecule has 4 aromatic rings. The fraction of sp³-hybridized carbons (Fsp3) is 0.167. The number of fused-ring (bicyclic) bond motifs is 1. The Morgan fingerprint density at radius 2 is 1.56 bits per heavy atom. The molecule has 0 spiro atoms. The normalized spacial score (nSPS) is 12.1. The number of methoxy groups -OCH3 is 1. The van der Waals surface area contributed by atoms with Crippen molar-refractivity contribution in [3.63, 3.8) is 0 Å². The van der Waals surface area contributed by atoms with Gasteiger partial charge in [-0.15, -0.1) is 0 Å². The summed E-state index contributed by atoms with van der Waals surface area (Å²) in [5.41, 5.74) is -1.52. The zero-order valence-electron chi connectivity index (χ0n) is 18.4. The summed E-state index contributed by atoms with van der Waals surface area (Å²) in [6.07, 6.45) is -10.0. The Bertz CT molecular complexity index is 1370. The molecule has 1 heterocycles. The number of rotatable bonds is 6. The summed E-state index contributed by atoms with van der Waals surface area (Å²) in [7, 11) is 1.53. The number of imidazole rings is 1. The molecule has 0 saturated carbocycles. The molecular weight excluding hydrogens is 508 g/mol. The highest BCUT2D eigenvalue weighted by Crippen LogP contribution is 2.37. The summed E-state index contributed by atoms with van der Waals surface area (Å²) in [6.45, 7) is 0. The van der Waals surface area contributed by atoms with E-state index >= 15 is 0 Å². The van der Waals surface area contributed by atoms with Crippen molar-refractivity contribution in [1.29, 1.82) is 0 Å². The van der Waals surface area contributed by atoms with Gasteiger partial charge in [-0.1, -0.05) is 23.9 Å². The van der Waals surface area contributed by atoms with Gasteiger partial charge in [0.25, 0.3) is 0 Å². The maximum Gasteiger partial charge on any atom is 0.416 e. The molecule has 1 N–H and O–H groups in total. The maximum atomic E-state index is 13.1. The fourth-order valence-electron chi connectivity index (χ4n) is 3.44. The average molecular weight is 525 g/mol. The molecule has 0 aliphatic rings. The summed E-state index contributed by atoms with van der Waals surface area (Å²) in [6, 6.07) is 15.2. The number of alkyl halides is 6. The summed E-state index contributed by atoms with van der Waals surface area (Å²) < 4.78 is 85.5. The number of hydrogen-bond donors (Lipinski definition) is 1. The number of halogens is 6. The number of thioether (sulfide) groups is 1. The van der Waals surface area contributed by atoms with Gasteiger partial charge in [0.15, 0.2) is 5.16 Å². The maximum absolute atomic E-state index is 13.1. The van der Waals surface area contributed by atoms with Crippen LogP contribution in [0.5, 0.6) is 5.75 Å². The van der Waals surface area contributed by atoms with Crippen LogP contribution in [-0.2, 0) is 17.1 Å². The Hall–Kier alpha value is -3.67. The SMILES string of the molecule is COc1ccc(-n2c(SCC(=O)Nc3cc(C(F)(F)F)cc(C(F)(F)F)c3)nc3ccccc32)cc1. The van der Waals surface area contributed by atoms with E-state index in [1.54, 1.807) is 41.0 Å². The van der Waals surface area contributed by atoms with Crippen LogP contribution in [0.3, 0.4) is 0 Å². The van der Waals surface area contributed by atoms with Gasteiger partial charge in [0.05, 0.1) is 35.0 Å². The van der Waals surface area contributed by atoms with Gasteiger partial charge >= 0.3 is 12.4 Å². The summed E-state index contributed by atoms with van der Waals surface area (Å²) in [4.78, 5) is 17.0. The van der Waals surface area contributed by atoms with E-state index in [1.807, 2.05) is 12.1 Å². The van der Waals surface area contributed by atoms with E-state index in [4.69, 9.17) is 4.74 Å². The Labute approximate surface area is 205 Å². The number of nitrogens with zero attached hydrogens (tertiary/aromatic N) is 2. The lowest BCUT2D eigenvalue weighted by Crippen LogP contribution is -2.17. The molecule has 0 radical (unpaired) electrons. The van der Waals surface area contributed by atoms with Gasteiger partial charge in [-0.05, 0) is 54.6 Å². The standard InChI is InChI=1S/C24H17F6N3O2S/c1-35-18-8-6-17(7-9-18)33-20-5-3-2-4-19(20)32-22(33)36-13-21(34)31-16-11-14(23(25,26)27)10-15(12-16)24(28,29)30/h2-12H,13H2,1H3,(H,31,34). The lowest BCUT2D eigenvalue weighted by Gasteiger charge is -2.15. The van der Waals surface area contributed by atoms with E-state index in [9.17, 15) is 31.1 Å². The van der Waals surface area contributed by atoms with Crippen LogP contribution in [0.4, 0.5) is 32.0 Å². The molecule has 0 aliphatic carbocycles. The predicted molar refractivity (Wildman–Crippen MR) is 123 cm³/mol. The number of carbonyl (C=O) groups excluding carboxylic acids is 1. The number of benzene rings is 3. The third kappa shape index (κ3) is 5.59. The third-order valence-electron chi connectivity index (χ3n) is 5.06. The van der Waals surface area contributed by atoms with Crippen LogP contribution in [0.1, 0.15) is 11.1 Å². The van der Waals surface area contributed by atoms with Crippen molar-refractivity contribution in [2.24, 2.45) is 0 Å². The largest absolute Gasteiger partial charge is 0.497 e. The highest BCUT2D eigenvalue weighted by Gasteiger charge is 2.37. The number of hydrogen-bond acceptors (Lipinski definition) is 4. The smallest absolute Gasteiger partial charge is 0.416 e. The first-order valence-corrected chi connectivity index (χ1v) is 11.3. The van der Waals surface area contributed by atoms with Gasteiger partial charge < -0.3 is 10.1 Å². The van der Waals surface area contributed by atoms with Crippen molar-refractivity contribution in [3.05, 3.63) is 77.9 Å². The van der Waals surface area contributed by atoms with Crippen molar-refractivity contribution in [2.75, 3.05) is 18.2 Å². The second-order valence-electron chi connectivity index (χ2n) is 7.55. The van der Waals surface area contributed by atoms with Crippen molar-refractivity contribution >= 4 is 34.4 Å². The summed E-state index contributed by atoms with van der Waals surface area (Å²) in [5, 5.41) is 2.55. The van der Waals surface area contributed by atoms with Crippen molar-refractivity contribution in [3.8, 4) is 11.4 Å².